The summed E-state index contributed by atoms with van der Waals surface area (Å²) in [6.07, 6.45) is 7.06. The minimum Gasteiger partial charge on any atom is -0.498 e. The van der Waals surface area contributed by atoms with Crippen LogP contribution in [0.15, 0.2) is 23.5 Å². The first-order chi connectivity index (χ1) is 7.26. The lowest BCUT2D eigenvalue weighted by Crippen LogP contribution is -2.06. The summed E-state index contributed by atoms with van der Waals surface area (Å²) in [5.41, 5.74) is 0.972. The Morgan fingerprint density at radius 2 is 2.20 bits per heavy atom. The molecule has 0 aromatic heterocycles. The number of rotatable bonds is 5. The molecule has 0 bridgehead atoms. The Morgan fingerprint density at radius 1 is 1.40 bits per heavy atom. The highest BCUT2D eigenvalue weighted by atomic mass is 16.5. The highest BCUT2D eigenvalue weighted by Crippen LogP contribution is 2.19. The maximum absolute atomic E-state index is 11.2. The van der Waals surface area contributed by atoms with Crippen molar-refractivity contribution >= 4 is 5.97 Å². The molecule has 1 rings (SSSR count). The van der Waals surface area contributed by atoms with Crippen LogP contribution in [0.2, 0.25) is 0 Å². The van der Waals surface area contributed by atoms with E-state index in [4.69, 9.17) is 9.47 Å². The van der Waals surface area contributed by atoms with Crippen molar-refractivity contribution in [3.05, 3.63) is 29.9 Å². The summed E-state index contributed by atoms with van der Waals surface area (Å²) in [4.78, 5) is 11.2. The first kappa shape index (κ1) is 11.8. The van der Waals surface area contributed by atoms with Gasteiger partial charge in [-0.3, -0.25) is 4.79 Å². The van der Waals surface area contributed by atoms with Gasteiger partial charge in [-0.2, -0.15) is 0 Å². The van der Waals surface area contributed by atoms with E-state index in [9.17, 15) is 4.79 Å². The molecule has 0 saturated heterocycles. The second-order valence-electron chi connectivity index (χ2n) is 3.18. The molecule has 0 saturated carbocycles. The fraction of sp³-hybridized carbons (Fsp3) is 0.500. The largest absolute Gasteiger partial charge is 0.498 e. The molecule has 15 heavy (non-hydrogen) atoms. The van der Waals surface area contributed by atoms with Crippen LogP contribution in [-0.2, 0) is 14.3 Å². The van der Waals surface area contributed by atoms with Crippen molar-refractivity contribution < 1.29 is 14.3 Å². The van der Waals surface area contributed by atoms with Gasteiger partial charge < -0.3 is 9.47 Å². The predicted molar refractivity (Wildman–Crippen MR) is 58.0 cm³/mol. The van der Waals surface area contributed by atoms with Crippen LogP contribution in [0.25, 0.3) is 0 Å². The minimum absolute atomic E-state index is 0.183. The Bertz CT molecular complexity index is 277. The van der Waals surface area contributed by atoms with E-state index in [-0.39, 0.29) is 5.97 Å². The fourth-order valence-electron chi connectivity index (χ4n) is 1.40. The molecule has 3 nitrogen and oxygen atoms in total. The molecular formula is C12H17O3. The van der Waals surface area contributed by atoms with Gasteiger partial charge in [0, 0.05) is 6.42 Å². The molecule has 83 valence electrons. The molecule has 1 aliphatic rings. The van der Waals surface area contributed by atoms with Crippen LogP contribution in [0, 0.1) is 6.42 Å². The molecule has 3 heteroatoms. The monoisotopic (exact) mass is 209 g/mol. The smallest absolute Gasteiger partial charge is 0.310 e. The third-order valence-corrected chi connectivity index (χ3v) is 1.99. The van der Waals surface area contributed by atoms with Crippen LogP contribution >= 0.6 is 0 Å². The molecule has 0 spiro atoms. The Kier molecular flexibility index (Phi) is 4.95. The van der Waals surface area contributed by atoms with E-state index < -0.39 is 0 Å². The summed E-state index contributed by atoms with van der Waals surface area (Å²) in [5.74, 6) is 0.664. The van der Waals surface area contributed by atoms with Crippen LogP contribution in [0.1, 0.15) is 26.7 Å². The van der Waals surface area contributed by atoms with Gasteiger partial charge in [0.2, 0.25) is 0 Å². The van der Waals surface area contributed by atoms with Crippen LogP contribution in [-0.4, -0.2) is 19.2 Å². The average molecular weight is 209 g/mol. The molecule has 0 amide bonds. The quantitative estimate of drug-likeness (QED) is 0.652. The Balaban J connectivity index is 2.48. The van der Waals surface area contributed by atoms with E-state index in [1.807, 2.05) is 32.4 Å². The van der Waals surface area contributed by atoms with Crippen molar-refractivity contribution in [3.63, 3.8) is 0 Å². The topological polar surface area (TPSA) is 35.5 Å². The van der Waals surface area contributed by atoms with E-state index in [0.29, 0.717) is 19.6 Å². The number of allylic oxidation sites excluding steroid dienone is 3. The van der Waals surface area contributed by atoms with Crippen molar-refractivity contribution in [3.8, 4) is 0 Å². The van der Waals surface area contributed by atoms with E-state index in [0.717, 1.165) is 17.8 Å². The summed E-state index contributed by atoms with van der Waals surface area (Å²) >= 11 is 0. The third kappa shape index (κ3) is 4.19. The standard InChI is InChI=1S/C12H17O3/c1-3-14-11-7-5-6-10(8-11)9-12(13)15-4-2/h6-8H,3-5,9H2,1-2H3. The van der Waals surface area contributed by atoms with Crippen molar-refractivity contribution in [1.29, 1.82) is 0 Å². The molecule has 0 atom stereocenters. The first-order valence-corrected chi connectivity index (χ1v) is 5.28. The second-order valence-corrected chi connectivity index (χ2v) is 3.18. The molecule has 1 aliphatic carbocycles. The van der Waals surface area contributed by atoms with Gasteiger partial charge in [-0.25, -0.2) is 0 Å². The molecule has 0 unspecified atom stereocenters. The third-order valence-electron chi connectivity index (χ3n) is 1.99. The van der Waals surface area contributed by atoms with E-state index in [1.165, 1.54) is 0 Å². The van der Waals surface area contributed by atoms with Gasteiger partial charge >= 0.3 is 5.97 Å². The Hall–Kier alpha value is -1.25. The summed E-state index contributed by atoms with van der Waals surface area (Å²) in [6.45, 7) is 4.83. The van der Waals surface area contributed by atoms with Crippen molar-refractivity contribution in [2.45, 2.75) is 26.7 Å². The number of esters is 1. The zero-order valence-corrected chi connectivity index (χ0v) is 9.29. The van der Waals surface area contributed by atoms with Gasteiger partial charge in [-0.05, 0) is 31.9 Å². The number of carbonyl (C=O) groups is 1. The highest BCUT2D eigenvalue weighted by Gasteiger charge is 2.10. The predicted octanol–water partition coefficient (Wildman–Crippen LogP) is 2.39. The summed E-state index contributed by atoms with van der Waals surface area (Å²) in [6, 6.07) is 0. The van der Waals surface area contributed by atoms with Crippen LogP contribution in [0.3, 0.4) is 0 Å². The lowest BCUT2D eigenvalue weighted by molar-refractivity contribution is -0.142. The van der Waals surface area contributed by atoms with Gasteiger partial charge in [0.1, 0.15) is 5.76 Å². The molecular weight excluding hydrogens is 192 g/mol. The van der Waals surface area contributed by atoms with Gasteiger partial charge in [0.15, 0.2) is 0 Å². The van der Waals surface area contributed by atoms with Crippen LogP contribution in [0.4, 0.5) is 0 Å². The minimum atomic E-state index is -0.183. The maximum Gasteiger partial charge on any atom is 0.310 e. The molecule has 0 aromatic carbocycles. The lowest BCUT2D eigenvalue weighted by Gasteiger charge is -2.13. The first-order valence-electron chi connectivity index (χ1n) is 5.28. The number of carbonyl (C=O) groups excluding carboxylic acids is 1. The number of hydrogen-bond donors (Lipinski definition) is 0. The van der Waals surface area contributed by atoms with Gasteiger partial charge in [0.25, 0.3) is 0 Å². The van der Waals surface area contributed by atoms with Gasteiger partial charge in [-0.1, -0.05) is 6.08 Å². The lowest BCUT2D eigenvalue weighted by atomic mass is 10.0. The van der Waals surface area contributed by atoms with Crippen molar-refractivity contribution in [2.75, 3.05) is 13.2 Å². The van der Waals surface area contributed by atoms with E-state index in [1.54, 1.807) is 0 Å². The molecule has 0 heterocycles. The number of hydrogen-bond acceptors (Lipinski definition) is 3. The molecule has 0 aliphatic heterocycles. The van der Waals surface area contributed by atoms with Gasteiger partial charge in [0.05, 0.1) is 19.6 Å². The van der Waals surface area contributed by atoms with Gasteiger partial charge in [-0.15, -0.1) is 0 Å². The molecule has 0 aromatic rings. The normalized spacial score (nSPS) is 15.3. The molecule has 0 fully saturated rings. The average Bonchev–Trinajstić information content (AvgIpc) is 2.19. The molecule has 1 radical (unpaired) electrons. The van der Waals surface area contributed by atoms with Crippen molar-refractivity contribution in [1.82, 2.24) is 0 Å². The zero-order valence-electron chi connectivity index (χ0n) is 9.29. The second kappa shape index (κ2) is 6.27. The van der Waals surface area contributed by atoms with E-state index in [2.05, 4.69) is 0 Å². The van der Waals surface area contributed by atoms with Crippen LogP contribution in [0.5, 0.6) is 0 Å². The zero-order chi connectivity index (χ0) is 11.1. The fourth-order valence-corrected chi connectivity index (χ4v) is 1.40. The Labute approximate surface area is 90.8 Å². The number of ether oxygens (including phenoxy) is 2. The summed E-state index contributed by atoms with van der Waals surface area (Å²) in [7, 11) is 0. The summed E-state index contributed by atoms with van der Waals surface area (Å²) < 4.78 is 10.2. The highest BCUT2D eigenvalue weighted by molar-refractivity contribution is 5.73. The van der Waals surface area contributed by atoms with E-state index >= 15 is 0 Å². The maximum atomic E-state index is 11.2. The summed E-state index contributed by atoms with van der Waals surface area (Å²) in [5, 5.41) is 0. The Morgan fingerprint density at radius 3 is 2.87 bits per heavy atom. The van der Waals surface area contributed by atoms with Crippen LogP contribution < -0.4 is 0 Å². The molecule has 0 N–H and O–H groups in total. The van der Waals surface area contributed by atoms with Crippen molar-refractivity contribution in [2.24, 2.45) is 0 Å². The SMILES string of the molecule is CCOC(=O)CC1=CC[CH]C(OCC)=C1.